The van der Waals surface area contributed by atoms with Crippen molar-refractivity contribution in [1.82, 2.24) is 4.90 Å². The number of thiophene rings is 1. The highest BCUT2D eigenvalue weighted by atomic mass is 35.5. The zero-order valence-electron chi connectivity index (χ0n) is 8.34. The molecule has 0 unspecified atom stereocenters. The summed E-state index contributed by atoms with van der Waals surface area (Å²) in [6.45, 7) is 3.88. The van der Waals surface area contributed by atoms with Crippen LogP contribution in [-0.2, 0) is 6.42 Å². The quantitative estimate of drug-likeness (QED) is 0.765. The molecule has 0 N–H and O–H groups in total. The molecule has 0 bridgehead atoms. The number of rotatable bonds is 4. The molecule has 2 rings (SSSR count). The van der Waals surface area contributed by atoms with Crippen LogP contribution in [0.4, 0.5) is 0 Å². The summed E-state index contributed by atoms with van der Waals surface area (Å²) in [4.78, 5) is 3.99. The van der Waals surface area contributed by atoms with Crippen LogP contribution in [0, 0.1) is 0 Å². The van der Waals surface area contributed by atoms with Crippen LogP contribution >= 0.6 is 22.9 Å². The SMILES string of the molecule is Clc1ccc(CCCN2CCCC2)s1. The molecule has 0 atom stereocenters. The third-order valence-electron chi connectivity index (χ3n) is 2.73. The summed E-state index contributed by atoms with van der Waals surface area (Å²) in [5.74, 6) is 0. The predicted molar refractivity (Wildman–Crippen MR) is 63.3 cm³/mol. The van der Waals surface area contributed by atoms with Crippen molar-refractivity contribution in [2.24, 2.45) is 0 Å². The van der Waals surface area contributed by atoms with E-state index in [9.17, 15) is 0 Å². The van der Waals surface area contributed by atoms with E-state index in [1.165, 1.54) is 50.2 Å². The zero-order chi connectivity index (χ0) is 9.80. The first kappa shape index (κ1) is 10.5. The average Bonchev–Trinajstić information content (AvgIpc) is 2.77. The summed E-state index contributed by atoms with van der Waals surface area (Å²) in [7, 11) is 0. The second-order valence-electron chi connectivity index (χ2n) is 3.86. The summed E-state index contributed by atoms with van der Waals surface area (Å²) < 4.78 is 0.918. The maximum atomic E-state index is 5.87. The molecule has 1 aromatic rings. The Morgan fingerprint density at radius 3 is 2.71 bits per heavy atom. The molecule has 1 aromatic heterocycles. The van der Waals surface area contributed by atoms with Gasteiger partial charge in [0.2, 0.25) is 0 Å². The first-order chi connectivity index (χ1) is 6.84. The Bertz CT molecular complexity index is 279. The van der Waals surface area contributed by atoms with Crippen molar-refractivity contribution in [3.05, 3.63) is 21.3 Å². The van der Waals surface area contributed by atoms with Gasteiger partial charge in [-0.15, -0.1) is 11.3 Å². The number of nitrogens with zero attached hydrogens (tertiary/aromatic N) is 1. The second kappa shape index (κ2) is 5.15. The van der Waals surface area contributed by atoms with Gasteiger partial charge in [0.1, 0.15) is 0 Å². The van der Waals surface area contributed by atoms with Gasteiger partial charge < -0.3 is 4.90 Å². The summed E-state index contributed by atoms with van der Waals surface area (Å²) >= 11 is 7.59. The van der Waals surface area contributed by atoms with Gasteiger partial charge in [0.15, 0.2) is 0 Å². The molecule has 3 heteroatoms. The molecule has 1 saturated heterocycles. The minimum Gasteiger partial charge on any atom is -0.303 e. The van der Waals surface area contributed by atoms with Gasteiger partial charge in [-0.1, -0.05) is 11.6 Å². The lowest BCUT2D eigenvalue weighted by Gasteiger charge is -2.13. The molecule has 0 aromatic carbocycles. The molecule has 0 aliphatic carbocycles. The zero-order valence-corrected chi connectivity index (χ0v) is 9.91. The van der Waals surface area contributed by atoms with E-state index in [-0.39, 0.29) is 0 Å². The lowest BCUT2D eigenvalue weighted by atomic mass is 10.2. The van der Waals surface area contributed by atoms with Gasteiger partial charge in [-0.05, 0) is 57.5 Å². The highest BCUT2D eigenvalue weighted by molar-refractivity contribution is 7.16. The Morgan fingerprint density at radius 2 is 2.07 bits per heavy atom. The van der Waals surface area contributed by atoms with E-state index < -0.39 is 0 Å². The third kappa shape index (κ3) is 2.97. The highest BCUT2D eigenvalue weighted by Gasteiger charge is 2.10. The molecule has 1 nitrogen and oxygen atoms in total. The van der Waals surface area contributed by atoms with Gasteiger partial charge in [0.25, 0.3) is 0 Å². The van der Waals surface area contributed by atoms with E-state index in [1.54, 1.807) is 11.3 Å². The topological polar surface area (TPSA) is 3.24 Å². The Morgan fingerprint density at radius 1 is 1.29 bits per heavy atom. The smallest absolute Gasteiger partial charge is 0.0931 e. The van der Waals surface area contributed by atoms with Crippen molar-refractivity contribution in [3.8, 4) is 0 Å². The maximum Gasteiger partial charge on any atom is 0.0931 e. The van der Waals surface area contributed by atoms with Crippen LogP contribution in [0.15, 0.2) is 12.1 Å². The fourth-order valence-corrected chi connectivity index (χ4v) is 3.10. The standard InChI is InChI=1S/C11H16ClNS/c12-11-6-5-10(14-11)4-3-9-13-7-1-2-8-13/h5-6H,1-4,7-9H2. The molecule has 0 radical (unpaired) electrons. The highest BCUT2D eigenvalue weighted by Crippen LogP contribution is 2.22. The number of halogens is 1. The molecular weight excluding hydrogens is 214 g/mol. The number of hydrogen-bond acceptors (Lipinski definition) is 2. The van der Waals surface area contributed by atoms with Gasteiger partial charge in [0, 0.05) is 4.88 Å². The monoisotopic (exact) mass is 229 g/mol. The Labute approximate surface area is 94.7 Å². The first-order valence-electron chi connectivity index (χ1n) is 5.31. The third-order valence-corrected chi connectivity index (χ3v) is 4.02. The average molecular weight is 230 g/mol. The maximum absolute atomic E-state index is 5.87. The van der Waals surface area contributed by atoms with E-state index in [2.05, 4.69) is 11.0 Å². The number of hydrogen-bond donors (Lipinski definition) is 0. The molecule has 14 heavy (non-hydrogen) atoms. The van der Waals surface area contributed by atoms with Crippen LogP contribution in [-0.4, -0.2) is 24.5 Å². The van der Waals surface area contributed by atoms with Gasteiger partial charge >= 0.3 is 0 Å². The minimum atomic E-state index is 0.918. The van der Waals surface area contributed by atoms with E-state index in [0.29, 0.717) is 0 Å². The predicted octanol–water partition coefficient (Wildman–Crippen LogP) is 3.43. The van der Waals surface area contributed by atoms with E-state index in [1.807, 2.05) is 6.07 Å². The fourth-order valence-electron chi connectivity index (χ4n) is 1.97. The van der Waals surface area contributed by atoms with E-state index in [0.717, 1.165) is 4.34 Å². The van der Waals surface area contributed by atoms with Crippen LogP contribution in [0.2, 0.25) is 4.34 Å². The van der Waals surface area contributed by atoms with E-state index >= 15 is 0 Å². The van der Waals surface area contributed by atoms with Crippen molar-refractivity contribution in [2.75, 3.05) is 19.6 Å². The van der Waals surface area contributed by atoms with Gasteiger partial charge in [-0.2, -0.15) is 0 Å². The van der Waals surface area contributed by atoms with Gasteiger partial charge in [-0.3, -0.25) is 0 Å². The summed E-state index contributed by atoms with van der Waals surface area (Å²) in [5, 5.41) is 0. The van der Waals surface area contributed by atoms with E-state index in [4.69, 9.17) is 11.6 Å². The summed E-state index contributed by atoms with van der Waals surface area (Å²) in [6, 6.07) is 4.15. The Balaban J connectivity index is 1.67. The number of likely N-dealkylation sites (tertiary alicyclic amines) is 1. The molecule has 0 spiro atoms. The van der Waals surface area contributed by atoms with Crippen LogP contribution in [0.3, 0.4) is 0 Å². The summed E-state index contributed by atoms with van der Waals surface area (Å²) in [6.07, 6.45) is 5.25. The number of aryl methyl sites for hydroxylation is 1. The van der Waals surface area contributed by atoms with Crippen molar-refractivity contribution in [2.45, 2.75) is 25.7 Å². The molecule has 78 valence electrons. The van der Waals surface area contributed by atoms with Crippen LogP contribution in [0.1, 0.15) is 24.1 Å². The Kier molecular flexibility index (Phi) is 3.85. The van der Waals surface area contributed by atoms with Crippen molar-refractivity contribution < 1.29 is 0 Å². The van der Waals surface area contributed by atoms with Crippen molar-refractivity contribution in [3.63, 3.8) is 0 Å². The first-order valence-corrected chi connectivity index (χ1v) is 6.50. The lowest BCUT2D eigenvalue weighted by molar-refractivity contribution is 0.334. The second-order valence-corrected chi connectivity index (χ2v) is 5.66. The van der Waals surface area contributed by atoms with Crippen LogP contribution in [0.5, 0.6) is 0 Å². The molecular formula is C11H16ClNS. The van der Waals surface area contributed by atoms with Crippen molar-refractivity contribution >= 4 is 22.9 Å². The molecule has 1 fully saturated rings. The molecule has 0 amide bonds. The van der Waals surface area contributed by atoms with Crippen LogP contribution < -0.4 is 0 Å². The van der Waals surface area contributed by atoms with Crippen LogP contribution in [0.25, 0.3) is 0 Å². The van der Waals surface area contributed by atoms with Crippen molar-refractivity contribution in [1.29, 1.82) is 0 Å². The molecule has 2 heterocycles. The van der Waals surface area contributed by atoms with Gasteiger partial charge in [0.05, 0.1) is 4.34 Å². The van der Waals surface area contributed by atoms with Gasteiger partial charge in [-0.25, -0.2) is 0 Å². The largest absolute Gasteiger partial charge is 0.303 e. The Hall–Kier alpha value is -0.0500. The molecule has 0 saturated carbocycles. The normalized spacial score (nSPS) is 17.8. The fraction of sp³-hybridized carbons (Fsp3) is 0.636. The molecule has 1 aliphatic heterocycles. The summed E-state index contributed by atoms with van der Waals surface area (Å²) in [5.41, 5.74) is 0. The minimum absolute atomic E-state index is 0.918. The molecule has 1 aliphatic rings. The lowest BCUT2D eigenvalue weighted by Crippen LogP contribution is -2.20.